The number of hydrogen-bond donors (Lipinski definition) is 0. The van der Waals surface area contributed by atoms with Gasteiger partial charge in [0.2, 0.25) is 0 Å². The Morgan fingerprint density at radius 3 is 2.50 bits per heavy atom. The molecule has 4 rings (SSSR count). The van der Waals surface area contributed by atoms with E-state index in [9.17, 15) is 4.21 Å². The largest absolute Gasteiger partial charge is 0.303 e. The lowest BCUT2D eigenvalue weighted by molar-refractivity contribution is 0.130. The third-order valence-corrected chi connectivity index (χ3v) is 7.96. The number of piperidine rings is 1. The van der Waals surface area contributed by atoms with E-state index in [2.05, 4.69) is 40.4 Å². The van der Waals surface area contributed by atoms with Crippen LogP contribution in [-0.4, -0.2) is 39.6 Å². The molecule has 5 heteroatoms. The quantitative estimate of drug-likeness (QED) is 0.683. The number of halogens is 1. The van der Waals surface area contributed by atoms with Crippen LogP contribution in [0.25, 0.3) is 0 Å². The molecule has 0 bridgehead atoms. The average molecular weight is 417 g/mol. The van der Waals surface area contributed by atoms with Gasteiger partial charge in [-0.3, -0.25) is 0 Å². The highest BCUT2D eigenvalue weighted by Gasteiger charge is 2.43. The molecule has 150 valence electrons. The molecule has 2 heterocycles. The van der Waals surface area contributed by atoms with Gasteiger partial charge >= 0.3 is 0 Å². The highest BCUT2D eigenvalue weighted by molar-refractivity contribution is 7.82. The van der Waals surface area contributed by atoms with E-state index in [1.165, 1.54) is 30.5 Å². The summed E-state index contributed by atoms with van der Waals surface area (Å²) in [5, 5.41) is 0.681. The van der Waals surface area contributed by atoms with Gasteiger partial charge in [-0.25, -0.2) is 8.51 Å². The minimum absolute atomic E-state index is 0.111. The molecule has 1 fully saturated rings. The molecule has 2 aromatic carbocycles. The van der Waals surface area contributed by atoms with Crippen molar-refractivity contribution < 1.29 is 4.21 Å². The Morgan fingerprint density at radius 2 is 1.79 bits per heavy atom. The van der Waals surface area contributed by atoms with E-state index in [0.29, 0.717) is 5.02 Å². The smallest absolute Gasteiger partial charge is 0.127 e. The Balaban J connectivity index is 1.58. The number of likely N-dealkylation sites (tertiary alicyclic amines) is 1. The summed E-state index contributed by atoms with van der Waals surface area (Å²) in [5.74, 6) is 0. The van der Waals surface area contributed by atoms with Crippen molar-refractivity contribution in [2.24, 2.45) is 0 Å². The standard InChI is InChI=1S/C23H29ClN2OS/c1-2-3-14-25-15-12-23(13-16-25)18-26(17-19-6-4-5-7-22(19)23)28(27)21-10-8-20(24)9-11-21/h4-11H,2-3,12-18H2,1H3. The maximum atomic E-state index is 13.3. The molecule has 0 amide bonds. The second-order valence-corrected chi connectivity index (χ2v) is 10.1. The number of hydrogen-bond acceptors (Lipinski definition) is 2. The molecule has 1 spiro atoms. The fraction of sp³-hybridized carbons (Fsp3) is 0.478. The maximum absolute atomic E-state index is 13.3. The zero-order valence-corrected chi connectivity index (χ0v) is 18.1. The molecule has 0 aromatic heterocycles. The summed E-state index contributed by atoms with van der Waals surface area (Å²) in [4.78, 5) is 3.44. The van der Waals surface area contributed by atoms with E-state index in [4.69, 9.17) is 11.6 Å². The van der Waals surface area contributed by atoms with Crippen LogP contribution in [0, 0.1) is 0 Å². The second kappa shape index (κ2) is 8.66. The number of fused-ring (bicyclic) bond motifs is 2. The summed E-state index contributed by atoms with van der Waals surface area (Å²) in [6.07, 6.45) is 4.80. The van der Waals surface area contributed by atoms with Gasteiger partial charge < -0.3 is 4.90 Å². The molecule has 2 aromatic rings. The van der Waals surface area contributed by atoms with Crippen molar-refractivity contribution in [3.8, 4) is 0 Å². The molecular weight excluding hydrogens is 388 g/mol. The fourth-order valence-electron chi connectivity index (χ4n) is 4.68. The van der Waals surface area contributed by atoms with E-state index < -0.39 is 11.0 Å². The summed E-state index contributed by atoms with van der Waals surface area (Å²) >= 11 is 6.02. The van der Waals surface area contributed by atoms with Gasteiger partial charge in [-0.15, -0.1) is 0 Å². The zero-order chi connectivity index (χ0) is 19.6. The van der Waals surface area contributed by atoms with Crippen molar-refractivity contribution in [1.82, 2.24) is 9.21 Å². The van der Waals surface area contributed by atoms with E-state index in [0.717, 1.165) is 43.9 Å². The van der Waals surface area contributed by atoms with Gasteiger partial charge in [-0.2, -0.15) is 0 Å². The van der Waals surface area contributed by atoms with Crippen molar-refractivity contribution in [3.05, 3.63) is 64.7 Å². The third-order valence-electron chi connectivity index (χ3n) is 6.31. The zero-order valence-electron chi connectivity index (χ0n) is 16.6. The molecule has 1 unspecified atom stereocenters. The maximum Gasteiger partial charge on any atom is 0.127 e. The summed E-state index contributed by atoms with van der Waals surface area (Å²) in [5.41, 5.74) is 2.92. The highest BCUT2D eigenvalue weighted by Crippen LogP contribution is 2.42. The first-order valence-corrected chi connectivity index (χ1v) is 11.8. The first-order chi connectivity index (χ1) is 13.6. The van der Waals surface area contributed by atoms with Gasteiger partial charge in [-0.05, 0) is 74.3 Å². The summed E-state index contributed by atoms with van der Waals surface area (Å²) < 4.78 is 15.5. The van der Waals surface area contributed by atoms with Crippen molar-refractivity contribution >= 4 is 22.6 Å². The van der Waals surface area contributed by atoms with Gasteiger partial charge in [0.15, 0.2) is 0 Å². The molecule has 1 saturated heterocycles. The Morgan fingerprint density at radius 1 is 1.07 bits per heavy atom. The minimum Gasteiger partial charge on any atom is -0.303 e. The molecule has 28 heavy (non-hydrogen) atoms. The Bertz CT molecular complexity index is 831. The molecule has 2 aliphatic rings. The highest BCUT2D eigenvalue weighted by atomic mass is 35.5. The monoisotopic (exact) mass is 416 g/mol. The lowest BCUT2D eigenvalue weighted by Gasteiger charge is -2.48. The predicted octanol–water partition coefficient (Wildman–Crippen LogP) is 5.01. The van der Waals surface area contributed by atoms with Gasteiger partial charge in [0, 0.05) is 23.5 Å². The molecule has 0 saturated carbocycles. The predicted molar refractivity (Wildman–Crippen MR) is 117 cm³/mol. The van der Waals surface area contributed by atoms with Gasteiger partial charge in [0.25, 0.3) is 0 Å². The van der Waals surface area contributed by atoms with Crippen LogP contribution in [0.4, 0.5) is 0 Å². The molecule has 1 atom stereocenters. The molecule has 3 nitrogen and oxygen atoms in total. The van der Waals surface area contributed by atoms with Crippen molar-refractivity contribution in [2.45, 2.75) is 49.5 Å². The van der Waals surface area contributed by atoms with Crippen LogP contribution in [0.15, 0.2) is 53.4 Å². The number of rotatable bonds is 5. The number of unbranched alkanes of at least 4 members (excludes halogenated alkanes) is 1. The molecule has 0 aliphatic carbocycles. The summed E-state index contributed by atoms with van der Waals surface area (Å²) in [6.45, 7) is 7.33. The number of benzene rings is 2. The van der Waals surface area contributed by atoms with E-state index in [1.54, 1.807) is 0 Å². The fourth-order valence-corrected chi connectivity index (χ4v) is 6.09. The lowest BCUT2D eigenvalue weighted by atomic mass is 9.69. The number of nitrogens with zero attached hydrogens (tertiary/aromatic N) is 2. The van der Waals surface area contributed by atoms with E-state index in [1.807, 2.05) is 24.3 Å². The molecule has 0 N–H and O–H groups in total. The van der Waals surface area contributed by atoms with Crippen LogP contribution in [0.1, 0.15) is 43.7 Å². The first-order valence-electron chi connectivity index (χ1n) is 10.3. The SMILES string of the molecule is CCCCN1CCC2(CC1)CN(S(=O)c1ccc(Cl)cc1)Cc1ccccc12. The molecule has 0 radical (unpaired) electrons. The van der Waals surface area contributed by atoms with Crippen LogP contribution in [0.3, 0.4) is 0 Å². The third kappa shape index (κ3) is 4.06. The van der Waals surface area contributed by atoms with Crippen LogP contribution in [0.2, 0.25) is 5.02 Å². The first kappa shape index (κ1) is 20.1. The van der Waals surface area contributed by atoms with Crippen LogP contribution < -0.4 is 0 Å². The van der Waals surface area contributed by atoms with Gasteiger partial charge in [0.05, 0.1) is 4.90 Å². The van der Waals surface area contributed by atoms with Crippen molar-refractivity contribution in [1.29, 1.82) is 0 Å². The van der Waals surface area contributed by atoms with Crippen LogP contribution in [-0.2, 0) is 22.9 Å². The topological polar surface area (TPSA) is 23.6 Å². The summed E-state index contributed by atoms with van der Waals surface area (Å²) in [6, 6.07) is 16.2. The minimum atomic E-state index is -1.17. The van der Waals surface area contributed by atoms with E-state index >= 15 is 0 Å². The second-order valence-electron chi connectivity index (χ2n) is 8.13. The molecule has 2 aliphatic heterocycles. The Labute approximate surface area is 176 Å². The average Bonchev–Trinajstić information content (AvgIpc) is 2.73. The van der Waals surface area contributed by atoms with Gasteiger partial charge in [-0.1, -0.05) is 49.2 Å². The van der Waals surface area contributed by atoms with Crippen LogP contribution in [0.5, 0.6) is 0 Å². The van der Waals surface area contributed by atoms with Gasteiger partial charge in [0.1, 0.15) is 11.0 Å². The van der Waals surface area contributed by atoms with E-state index in [-0.39, 0.29) is 5.41 Å². The van der Waals surface area contributed by atoms with Crippen molar-refractivity contribution in [3.63, 3.8) is 0 Å². The van der Waals surface area contributed by atoms with Crippen molar-refractivity contribution in [2.75, 3.05) is 26.2 Å². The molecular formula is C23H29ClN2OS. The lowest BCUT2D eigenvalue weighted by Crippen LogP contribution is -2.52. The van der Waals surface area contributed by atoms with Crippen LogP contribution >= 0.6 is 11.6 Å². The Kier molecular flexibility index (Phi) is 6.21. The normalized spacial score (nSPS) is 20.8. The summed E-state index contributed by atoms with van der Waals surface area (Å²) in [7, 11) is -1.17. The Hall–Kier alpha value is -1.20.